The van der Waals surface area contributed by atoms with Gasteiger partial charge in [-0.15, -0.1) is 0 Å². The van der Waals surface area contributed by atoms with Crippen molar-refractivity contribution in [1.82, 2.24) is 9.21 Å². The fourth-order valence-corrected chi connectivity index (χ4v) is 5.84. The molecule has 0 unspecified atom stereocenters. The van der Waals surface area contributed by atoms with E-state index >= 15 is 0 Å². The summed E-state index contributed by atoms with van der Waals surface area (Å²) < 4.78 is 31.1. The monoisotopic (exact) mass is 400 g/mol. The average molecular weight is 401 g/mol. The first kappa shape index (κ1) is 18.9. The Hall–Kier alpha value is -2.44. The van der Waals surface area contributed by atoms with E-state index in [9.17, 15) is 9.11 Å². The number of likely N-dealkylation sites (tertiary alicyclic amines) is 1. The molecule has 2 aliphatic heterocycles. The first-order valence-electron chi connectivity index (χ1n) is 9.25. The van der Waals surface area contributed by atoms with Crippen LogP contribution in [0.1, 0.15) is 6.42 Å². The molecule has 0 aliphatic carbocycles. The Morgan fingerprint density at radius 2 is 1.86 bits per heavy atom. The minimum atomic E-state index is -3.18. The fraction of sp³-hybridized carbons (Fsp3) is 0.350. The third-order valence-electron chi connectivity index (χ3n) is 5.40. The van der Waals surface area contributed by atoms with Gasteiger partial charge in [0.1, 0.15) is 11.4 Å². The molecule has 0 amide bonds. The van der Waals surface area contributed by atoms with Crippen molar-refractivity contribution in [2.75, 3.05) is 37.6 Å². The lowest BCUT2D eigenvalue weighted by atomic mass is 10.0. The highest BCUT2D eigenvalue weighted by molar-refractivity contribution is 8.23. The molecular formula is C20H24N4O3S. The normalized spacial score (nSPS) is 22.9. The van der Waals surface area contributed by atoms with Gasteiger partial charge in [-0.3, -0.25) is 13.4 Å². The second kappa shape index (κ2) is 7.53. The summed E-state index contributed by atoms with van der Waals surface area (Å²) in [5, 5.41) is 9.11. The zero-order valence-corrected chi connectivity index (χ0v) is 16.5. The van der Waals surface area contributed by atoms with Crippen molar-refractivity contribution < 1.29 is 13.8 Å². The van der Waals surface area contributed by atoms with Crippen LogP contribution in [0.25, 0.3) is 11.1 Å². The van der Waals surface area contributed by atoms with Crippen molar-refractivity contribution in [3.63, 3.8) is 0 Å². The highest BCUT2D eigenvalue weighted by atomic mass is 32.3. The number of ether oxygens (including phenoxy) is 1. The molecule has 4 rings (SSSR count). The van der Waals surface area contributed by atoms with Crippen LogP contribution in [0.4, 0.5) is 5.69 Å². The summed E-state index contributed by atoms with van der Waals surface area (Å²) >= 11 is 0. The quantitative estimate of drug-likeness (QED) is 0.759. The van der Waals surface area contributed by atoms with Crippen LogP contribution in [0.2, 0.25) is 0 Å². The average Bonchev–Trinajstić information content (AvgIpc) is 3.31. The van der Waals surface area contributed by atoms with Gasteiger partial charge in [0.05, 0.1) is 19.7 Å². The van der Waals surface area contributed by atoms with Crippen molar-refractivity contribution >= 4 is 16.6 Å². The molecule has 0 bridgehead atoms. The molecule has 148 valence electrons. The number of benzene rings is 2. The van der Waals surface area contributed by atoms with Gasteiger partial charge < -0.3 is 9.64 Å². The van der Waals surface area contributed by atoms with Gasteiger partial charge in [-0.25, -0.2) is 0 Å². The van der Waals surface area contributed by atoms with Crippen molar-refractivity contribution in [3.05, 3.63) is 48.5 Å². The molecule has 7 nitrogen and oxygen atoms in total. The van der Waals surface area contributed by atoms with Crippen LogP contribution in [0.3, 0.4) is 0 Å². The summed E-state index contributed by atoms with van der Waals surface area (Å²) in [6, 6.07) is 15.7. The smallest absolute Gasteiger partial charge is 0.179 e. The molecular weight excluding hydrogens is 376 g/mol. The topological polar surface area (TPSA) is 83.2 Å². The minimum absolute atomic E-state index is 0.0436. The number of rotatable bonds is 4. The van der Waals surface area contributed by atoms with Gasteiger partial charge in [0, 0.05) is 19.6 Å². The van der Waals surface area contributed by atoms with Crippen LogP contribution in [0.5, 0.6) is 5.75 Å². The van der Waals surface area contributed by atoms with Crippen molar-refractivity contribution in [2.24, 2.45) is 0 Å². The number of nitrogens with zero attached hydrogens (tertiary/aromatic N) is 4. The van der Waals surface area contributed by atoms with E-state index in [4.69, 9.17) is 10.00 Å². The van der Waals surface area contributed by atoms with Gasteiger partial charge in [-0.05, 0) is 40.6 Å². The lowest BCUT2D eigenvalue weighted by Crippen LogP contribution is -2.38. The molecule has 28 heavy (non-hydrogen) atoms. The van der Waals surface area contributed by atoms with E-state index in [0.717, 1.165) is 17.5 Å². The molecule has 0 saturated carbocycles. The van der Waals surface area contributed by atoms with Crippen LogP contribution in [0, 0.1) is 11.5 Å². The zero-order valence-electron chi connectivity index (χ0n) is 15.7. The van der Waals surface area contributed by atoms with Gasteiger partial charge in [0.15, 0.2) is 6.19 Å². The molecule has 2 aromatic carbocycles. The number of hydrogen-bond donors (Lipinski definition) is 2. The standard InChI is InChI=1S/C20H24N4O3S/c1-27-20-8-7-17(16-5-3-2-4-6-16)13-19(20)24-12-11-23(28(24,25)26)18-9-10-22(14-18)15-21/h2-8,13,18,25-26H,9-12,14H2,1H3/t18-/m1/s1. The molecule has 2 saturated heterocycles. The Labute approximate surface area is 167 Å². The van der Waals surface area contributed by atoms with Crippen LogP contribution in [-0.2, 0) is 0 Å². The van der Waals surface area contributed by atoms with Crippen LogP contribution >= 0.6 is 11.0 Å². The molecule has 8 heteroatoms. The molecule has 2 N–H and O–H groups in total. The van der Waals surface area contributed by atoms with Gasteiger partial charge in [0.2, 0.25) is 0 Å². The summed E-state index contributed by atoms with van der Waals surface area (Å²) in [5.41, 5.74) is 2.71. The maximum atomic E-state index is 11.1. The summed E-state index contributed by atoms with van der Waals surface area (Å²) in [4.78, 5) is 1.67. The van der Waals surface area contributed by atoms with E-state index in [1.807, 2.05) is 48.5 Å². The third kappa shape index (κ3) is 3.27. The van der Waals surface area contributed by atoms with Crippen LogP contribution in [0.15, 0.2) is 48.5 Å². The Kier molecular flexibility index (Phi) is 5.08. The maximum absolute atomic E-state index is 11.1. The number of nitriles is 1. The highest BCUT2D eigenvalue weighted by Crippen LogP contribution is 2.57. The first-order valence-corrected chi connectivity index (χ1v) is 10.7. The Balaban J connectivity index is 1.66. The Bertz CT molecular complexity index is 887. The largest absolute Gasteiger partial charge is 0.495 e. The van der Waals surface area contributed by atoms with E-state index < -0.39 is 11.0 Å². The van der Waals surface area contributed by atoms with E-state index in [1.54, 1.807) is 20.6 Å². The summed E-state index contributed by atoms with van der Waals surface area (Å²) in [6.07, 6.45) is 2.90. The van der Waals surface area contributed by atoms with Crippen molar-refractivity contribution in [2.45, 2.75) is 12.5 Å². The highest BCUT2D eigenvalue weighted by Gasteiger charge is 2.44. The number of hydrogen-bond acceptors (Lipinski definition) is 7. The summed E-state index contributed by atoms with van der Waals surface area (Å²) in [7, 11) is -1.59. The maximum Gasteiger partial charge on any atom is 0.179 e. The van der Waals surface area contributed by atoms with E-state index in [1.165, 1.54) is 0 Å². The van der Waals surface area contributed by atoms with Gasteiger partial charge in [-0.2, -0.15) is 9.57 Å². The Morgan fingerprint density at radius 3 is 2.54 bits per heavy atom. The van der Waals surface area contributed by atoms with Gasteiger partial charge in [0.25, 0.3) is 0 Å². The Morgan fingerprint density at radius 1 is 1.07 bits per heavy atom. The molecule has 2 heterocycles. The first-order chi connectivity index (χ1) is 13.5. The summed E-state index contributed by atoms with van der Waals surface area (Å²) in [6.45, 7) is 2.20. The molecule has 0 spiro atoms. The van der Waals surface area contributed by atoms with Crippen LogP contribution in [-0.4, -0.2) is 57.6 Å². The predicted octanol–water partition coefficient (Wildman–Crippen LogP) is 3.62. The molecule has 2 aliphatic rings. The predicted molar refractivity (Wildman–Crippen MR) is 111 cm³/mol. The number of anilines is 1. The summed E-state index contributed by atoms with van der Waals surface area (Å²) in [5.74, 6) is 0.603. The number of methoxy groups -OCH3 is 1. The molecule has 0 radical (unpaired) electrons. The molecule has 2 fully saturated rings. The second-order valence-electron chi connectivity index (χ2n) is 6.97. The van der Waals surface area contributed by atoms with Gasteiger partial charge >= 0.3 is 0 Å². The lowest BCUT2D eigenvalue weighted by molar-refractivity contribution is 0.310. The van der Waals surface area contributed by atoms with Gasteiger partial charge in [-0.1, -0.05) is 36.4 Å². The molecule has 2 aromatic rings. The molecule has 1 atom stereocenters. The van der Waals surface area contributed by atoms with E-state index in [0.29, 0.717) is 37.6 Å². The molecule has 0 aromatic heterocycles. The second-order valence-corrected chi connectivity index (χ2v) is 8.86. The third-order valence-corrected chi connectivity index (χ3v) is 7.48. The van der Waals surface area contributed by atoms with Crippen LogP contribution < -0.4 is 9.04 Å². The van der Waals surface area contributed by atoms with E-state index in [2.05, 4.69) is 6.19 Å². The van der Waals surface area contributed by atoms with E-state index in [-0.39, 0.29) is 6.04 Å². The van der Waals surface area contributed by atoms with Crippen molar-refractivity contribution in [1.29, 1.82) is 5.26 Å². The SMILES string of the molecule is COc1ccc(-c2ccccc2)cc1N1CCN([C@@H]2CCN(C#N)C2)S1(O)O. The fourth-order valence-electron chi connectivity index (χ4n) is 3.96. The zero-order chi connectivity index (χ0) is 19.7. The lowest BCUT2D eigenvalue weighted by Gasteiger charge is -2.45. The minimum Gasteiger partial charge on any atom is -0.495 e. The van der Waals surface area contributed by atoms with Crippen molar-refractivity contribution in [3.8, 4) is 23.1 Å².